The molecule has 0 spiro atoms. The lowest BCUT2D eigenvalue weighted by Crippen LogP contribution is -2.06. The molecule has 0 saturated carbocycles. The maximum Gasteiger partial charge on any atom is 0.159 e. The summed E-state index contributed by atoms with van der Waals surface area (Å²) in [5, 5.41) is 4.11. The molecule has 2 aromatic heterocycles. The lowest BCUT2D eigenvalue weighted by molar-refractivity contribution is 0.119. The highest BCUT2D eigenvalue weighted by Crippen LogP contribution is 2.20. The first-order valence-electron chi connectivity index (χ1n) is 4.71. The third kappa shape index (κ3) is 1.89. The second-order valence-electron chi connectivity index (χ2n) is 3.18. The normalized spacial score (nSPS) is 12.7. The van der Waals surface area contributed by atoms with Gasteiger partial charge in [-0.05, 0) is 13.0 Å². The lowest BCUT2D eigenvalue weighted by atomic mass is 10.1. The SMILES string of the molecule is COC(C)c1cccnc1-n1c[c]cn1. The van der Waals surface area contributed by atoms with Crippen LogP contribution in [-0.4, -0.2) is 21.9 Å². The highest BCUT2D eigenvalue weighted by molar-refractivity contribution is 5.34. The number of hydrogen-bond acceptors (Lipinski definition) is 3. The van der Waals surface area contributed by atoms with Crippen molar-refractivity contribution in [1.82, 2.24) is 14.8 Å². The molecule has 0 aliphatic rings. The summed E-state index contributed by atoms with van der Waals surface area (Å²) in [5.41, 5.74) is 1.01. The van der Waals surface area contributed by atoms with Crippen LogP contribution in [0.15, 0.2) is 30.7 Å². The van der Waals surface area contributed by atoms with Crippen LogP contribution in [0.5, 0.6) is 0 Å². The van der Waals surface area contributed by atoms with E-state index in [4.69, 9.17) is 4.74 Å². The average Bonchev–Trinajstić information content (AvgIpc) is 2.81. The van der Waals surface area contributed by atoms with Crippen molar-refractivity contribution in [3.63, 3.8) is 0 Å². The van der Waals surface area contributed by atoms with E-state index in [2.05, 4.69) is 16.1 Å². The van der Waals surface area contributed by atoms with Crippen molar-refractivity contribution in [1.29, 1.82) is 0 Å². The summed E-state index contributed by atoms with van der Waals surface area (Å²) < 4.78 is 6.97. The fraction of sp³-hybridized carbons (Fsp3) is 0.273. The van der Waals surface area contributed by atoms with Gasteiger partial charge in [0.25, 0.3) is 0 Å². The van der Waals surface area contributed by atoms with Gasteiger partial charge in [-0.1, -0.05) is 6.07 Å². The van der Waals surface area contributed by atoms with Gasteiger partial charge in [-0.15, -0.1) is 0 Å². The first-order valence-corrected chi connectivity index (χ1v) is 4.71. The van der Waals surface area contributed by atoms with Crippen LogP contribution in [0.25, 0.3) is 5.82 Å². The van der Waals surface area contributed by atoms with E-state index in [0.717, 1.165) is 11.4 Å². The van der Waals surface area contributed by atoms with Crippen molar-refractivity contribution in [2.24, 2.45) is 0 Å². The minimum absolute atomic E-state index is 0.00194. The highest BCUT2D eigenvalue weighted by Gasteiger charge is 2.11. The first-order chi connectivity index (χ1) is 7.33. The third-order valence-electron chi connectivity index (χ3n) is 2.28. The van der Waals surface area contributed by atoms with Crippen molar-refractivity contribution >= 4 is 0 Å². The van der Waals surface area contributed by atoms with Crippen LogP contribution in [0, 0.1) is 6.07 Å². The minimum Gasteiger partial charge on any atom is -0.377 e. The lowest BCUT2D eigenvalue weighted by Gasteiger charge is -2.13. The van der Waals surface area contributed by atoms with E-state index in [9.17, 15) is 0 Å². The Labute approximate surface area is 88.5 Å². The number of rotatable bonds is 3. The van der Waals surface area contributed by atoms with Crippen molar-refractivity contribution in [3.05, 3.63) is 42.4 Å². The van der Waals surface area contributed by atoms with E-state index in [1.54, 1.807) is 30.4 Å². The molecule has 2 aromatic rings. The van der Waals surface area contributed by atoms with Gasteiger partial charge in [0.1, 0.15) is 0 Å². The molecule has 2 rings (SSSR count). The van der Waals surface area contributed by atoms with E-state index in [-0.39, 0.29) is 6.10 Å². The number of aromatic nitrogens is 3. The Morgan fingerprint density at radius 1 is 1.53 bits per heavy atom. The molecular weight excluding hydrogens is 190 g/mol. The van der Waals surface area contributed by atoms with Crippen LogP contribution >= 0.6 is 0 Å². The average molecular weight is 202 g/mol. The monoisotopic (exact) mass is 202 g/mol. The number of nitrogens with zero attached hydrogens (tertiary/aromatic N) is 3. The fourth-order valence-corrected chi connectivity index (χ4v) is 1.39. The maximum atomic E-state index is 5.28. The van der Waals surface area contributed by atoms with Crippen molar-refractivity contribution in [2.45, 2.75) is 13.0 Å². The molecule has 0 N–H and O–H groups in total. The van der Waals surface area contributed by atoms with Crippen LogP contribution in [-0.2, 0) is 4.74 Å². The van der Waals surface area contributed by atoms with Gasteiger partial charge in [-0.2, -0.15) is 5.10 Å². The molecule has 2 heterocycles. The quantitative estimate of drug-likeness (QED) is 0.761. The van der Waals surface area contributed by atoms with Crippen LogP contribution in [0.1, 0.15) is 18.6 Å². The molecule has 0 aromatic carbocycles. The molecular formula is C11H12N3O. The Hall–Kier alpha value is -1.68. The zero-order valence-electron chi connectivity index (χ0n) is 8.71. The summed E-state index contributed by atoms with van der Waals surface area (Å²) in [6.45, 7) is 1.98. The summed E-state index contributed by atoms with van der Waals surface area (Å²) in [4.78, 5) is 4.29. The summed E-state index contributed by atoms with van der Waals surface area (Å²) >= 11 is 0. The largest absolute Gasteiger partial charge is 0.377 e. The van der Waals surface area contributed by atoms with E-state index in [1.807, 2.05) is 19.1 Å². The van der Waals surface area contributed by atoms with Crippen LogP contribution < -0.4 is 0 Å². The molecule has 0 aliphatic heterocycles. The predicted octanol–water partition coefficient (Wildman–Crippen LogP) is 1.77. The summed E-state index contributed by atoms with van der Waals surface area (Å²) in [7, 11) is 1.68. The Morgan fingerprint density at radius 3 is 3.07 bits per heavy atom. The van der Waals surface area contributed by atoms with Gasteiger partial charge in [0.05, 0.1) is 12.3 Å². The summed E-state index contributed by atoms with van der Waals surface area (Å²) in [6.07, 6.45) is 5.09. The molecule has 0 bridgehead atoms. The molecule has 1 atom stereocenters. The Balaban J connectivity index is 2.47. The zero-order valence-corrected chi connectivity index (χ0v) is 8.71. The van der Waals surface area contributed by atoms with Crippen LogP contribution in [0.2, 0.25) is 0 Å². The van der Waals surface area contributed by atoms with Gasteiger partial charge in [0, 0.05) is 31.1 Å². The van der Waals surface area contributed by atoms with Crippen LogP contribution in [0.4, 0.5) is 0 Å². The van der Waals surface area contributed by atoms with Crippen molar-refractivity contribution < 1.29 is 4.74 Å². The summed E-state index contributed by atoms with van der Waals surface area (Å²) in [5.74, 6) is 0.785. The molecule has 0 aliphatic carbocycles. The van der Waals surface area contributed by atoms with Gasteiger partial charge in [0.2, 0.25) is 0 Å². The van der Waals surface area contributed by atoms with E-state index >= 15 is 0 Å². The third-order valence-corrected chi connectivity index (χ3v) is 2.28. The molecule has 0 fully saturated rings. The van der Waals surface area contributed by atoms with Gasteiger partial charge in [0.15, 0.2) is 5.82 Å². The molecule has 1 radical (unpaired) electrons. The van der Waals surface area contributed by atoms with Crippen molar-refractivity contribution in [3.8, 4) is 5.82 Å². The van der Waals surface area contributed by atoms with Gasteiger partial charge in [-0.25, -0.2) is 9.67 Å². The molecule has 4 heteroatoms. The zero-order chi connectivity index (χ0) is 10.7. The smallest absolute Gasteiger partial charge is 0.159 e. The Bertz CT molecular complexity index is 425. The maximum absolute atomic E-state index is 5.28. The topological polar surface area (TPSA) is 39.9 Å². The second-order valence-corrected chi connectivity index (χ2v) is 3.18. The number of pyridine rings is 1. The number of methoxy groups -OCH3 is 1. The second kappa shape index (κ2) is 4.23. The van der Waals surface area contributed by atoms with Crippen molar-refractivity contribution in [2.75, 3.05) is 7.11 Å². The van der Waals surface area contributed by atoms with Gasteiger partial charge in [-0.3, -0.25) is 0 Å². The van der Waals surface area contributed by atoms with Gasteiger partial charge < -0.3 is 4.74 Å². The highest BCUT2D eigenvalue weighted by atomic mass is 16.5. The fourth-order valence-electron chi connectivity index (χ4n) is 1.39. The summed E-state index contributed by atoms with van der Waals surface area (Å²) in [6, 6.07) is 6.76. The molecule has 4 nitrogen and oxygen atoms in total. The van der Waals surface area contributed by atoms with E-state index < -0.39 is 0 Å². The molecule has 1 unspecified atom stereocenters. The van der Waals surface area contributed by atoms with Gasteiger partial charge >= 0.3 is 0 Å². The van der Waals surface area contributed by atoms with E-state index in [0.29, 0.717) is 0 Å². The number of ether oxygens (including phenoxy) is 1. The minimum atomic E-state index is -0.00194. The standard InChI is InChI=1S/C11H12N3O/c1-9(15-2)10-5-3-6-12-11(10)14-8-4-7-13-14/h3,5-9H,1-2H3. The molecule has 0 saturated heterocycles. The number of hydrogen-bond donors (Lipinski definition) is 0. The Morgan fingerprint density at radius 2 is 2.40 bits per heavy atom. The van der Waals surface area contributed by atoms with Crippen LogP contribution in [0.3, 0.4) is 0 Å². The molecule has 15 heavy (non-hydrogen) atoms. The van der Waals surface area contributed by atoms with E-state index in [1.165, 1.54) is 0 Å². The Kier molecular flexibility index (Phi) is 2.78. The predicted molar refractivity (Wildman–Crippen MR) is 55.6 cm³/mol. The molecule has 0 amide bonds. The molecule has 77 valence electrons. The first kappa shape index (κ1) is 9.86.